The van der Waals surface area contributed by atoms with Crippen LogP contribution < -0.4 is 10.0 Å². The fraction of sp³-hybridized carbons (Fsp3) is 0.188. The Morgan fingerprint density at radius 2 is 1.75 bits per heavy atom. The van der Waals surface area contributed by atoms with E-state index in [4.69, 9.17) is 11.6 Å². The lowest BCUT2D eigenvalue weighted by atomic mass is 10.1. The first kappa shape index (κ1) is 19.2. The predicted molar refractivity (Wildman–Crippen MR) is 103 cm³/mol. The Kier molecular flexibility index (Phi) is 6.62. The van der Waals surface area contributed by atoms with Crippen molar-refractivity contribution in [3.05, 3.63) is 67.7 Å². The van der Waals surface area contributed by atoms with Crippen LogP contribution >= 0.6 is 34.2 Å². The number of sulfonamides is 1. The van der Waals surface area contributed by atoms with Crippen LogP contribution in [0.3, 0.4) is 0 Å². The molecule has 0 saturated heterocycles. The summed E-state index contributed by atoms with van der Waals surface area (Å²) in [5.41, 5.74) is 2.12. The Labute approximate surface area is 160 Å². The van der Waals surface area contributed by atoms with Gasteiger partial charge in [0.15, 0.2) is 0 Å². The number of carbonyl (C=O) groups excluding carboxylic acids is 1. The molecule has 0 aromatic heterocycles. The summed E-state index contributed by atoms with van der Waals surface area (Å²) in [6, 6.07) is 12.2. The van der Waals surface area contributed by atoms with Gasteiger partial charge in [-0.2, -0.15) is 0 Å². The van der Waals surface area contributed by atoms with Crippen molar-refractivity contribution in [2.75, 3.05) is 7.05 Å². The smallest absolute Gasteiger partial charge is 0.251 e. The van der Waals surface area contributed by atoms with Crippen LogP contribution in [0.15, 0.2) is 42.5 Å². The molecule has 2 rings (SSSR count). The van der Waals surface area contributed by atoms with Crippen LogP contribution in [0.2, 0.25) is 5.02 Å². The lowest BCUT2D eigenvalue weighted by molar-refractivity contribution is 0.0951. The van der Waals surface area contributed by atoms with E-state index in [1.807, 2.05) is 0 Å². The number of amides is 1. The van der Waals surface area contributed by atoms with Crippen LogP contribution in [-0.4, -0.2) is 21.4 Å². The molecule has 24 heavy (non-hydrogen) atoms. The van der Waals surface area contributed by atoms with Gasteiger partial charge in [0.2, 0.25) is 10.0 Å². The summed E-state index contributed by atoms with van der Waals surface area (Å²) in [5.74, 6) is -0.259. The minimum absolute atomic E-state index is 0.0701. The summed E-state index contributed by atoms with van der Waals surface area (Å²) in [6.07, 6.45) is 0. The summed E-state index contributed by atoms with van der Waals surface area (Å²) in [6.45, 7) is 0.358. The van der Waals surface area contributed by atoms with Crippen molar-refractivity contribution in [2.24, 2.45) is 0 Å². The van der Waals surface area contributed by atoms with Crippen LogP contribution in [-0.2, 0) is 22.3 Å². The lowest BCUT2D eigenvalue weighted by Crippen LogP contribution is -2.23. The van der Waals surface area contributed by atoms with Gasteiger partial charge in [-0.1, -0.05) is 35.9 Å². The zero-order valence-corrected chi connectivity index (χ0v) is 16.6. The molecule has 0 aliphatic heterocycles. The molecule has 0 unspecified atom stereocenters. The van der Waals surface area contributed by atoms with Gasteiger partial charge in [0.25, 0.3) is 5.91 Å². The standard InChI is InChI=1S/C16H16ClIN2O3S/c1-19-24(22,23)10-12-4-2-11(3-5-12)9-20-16(21)13-6-7-14(17)15(18)8-13/h2-8,19H,9-10H2,1H3,(H,20,21). The van der Waals surface area contributed by atoms with E-state index in [0.29, 0.717) is 22.7 Å². The fourth-order valence-electron chi connectivity index (χ4n) is 1.97. The lowest BCUT2D eigenvalue weighted by Gasteiger charge is -2.08. The second kappa shape index (κ2) is 8.28. The molecule has 0 spiro atoms. The summed E-state index contributed by atoms with van der Waals surface area (Å²) < 4.78 is 26.1. The number of rotatable bonds is 6. The van der Waals surface area contributed by atoms with E-state index in [9.17, 15) is 13.2 Å². The van der Waals surface area contributed by atoms with Gasteiger partial charge in [-0.3, -0.25) is 4.79 Å². The molecule has 2 N–H and O–H groups in total. The summed E-state index contributed by atoms with van der Waals surface area (Å²) in [4.78, 5) is 12.1. The fourth-order valence-corrected chi connectivity index (χ4v) is 3.38. The summed E-state index contributed by atoms with van der Waals surface area (Å²) >= 11 is 8.02. The average Bonchev–Trinajstić information content (AvgIpc) is 2.56. The Hall–Kier alpha value is -1.16. The van der Waals surface area contributed by atoms with Crippen LogP contribution in [0, 0.1) is 3.57 Å². The number of carbonyl (C=O) groups is 1. The van der Waals surface area contributed by atoms with Gasteiger partial charge in [0, 0.05) is 15.7 Å². The van der Waals surface area contributed by atoms with Crippen molar-refractivity contribution in [1.29, 1.82) is 0 Å². The monoisotopic (exact) mass is 478 g/mol. The molecule has 0 heterocycles. The first-order valence-corrected chi connectivity index (χ1v) is 10.1. The maximum atomic E-state index is 12.1. The Balaban J connectivity index is 1.96. The summed E-state index contributed by atoms with van der Waals surface area (Å²) in [7, 11) is -1.90. The van der Waals surface area contributed by atoms with Crippen LogP contribution in [0.5, 0.6) is 0 Å². The highest BCUT2D eigenvalue weighted by Gasteiger charge is 2.09. The molecule has 0 aliphatic rings. The van der Waals surface area contributed by atoms with Crippen molar-refractivity contribution in [2.45, 2.75) is 12.3 Å². The summed E-state index contributed by atoms with van der Waals surface area (Å²) in [5, 5.41) is 3.44. The Morgan fingerprint density at radius 1 is 1.12 bits per heavy atom. The minimum atomic E-state index is -3.29. The van der Waals surface area contributed by atoms with Crippen molar-refractivity contribution < 1.29 is 13.2 Å². The third kappa shape index (κ3) is 5.44. The van der Waals surface area contributed by atoms with E-state index >= 15 is 0 Å². The topological polar surface area (TPSA) is 75.3 Å². The molecular weight excluding hydrogens is 463 g/mol. The minimum Gasteiger partial charge on any atom is -0.348 e. The highest BCUT2D eigenvalue weighted by Crippen LogP contribution is 2.19. The maximum Gasteiger partial charge on any atom is 0.251 e. The highest BCUT2D eigenvalue weighted by atomic mass is 127. The second-order valence-corrected chi connectivity index (χ2v) is 8.59. The van der Waals surface area contributed by atoms with Gasteiger partial charge in [0.1, 0.15) is 0 Å². The zero-order valence-electron chi connectivity index (χ0n) is 12.8. The van der Waals surface area contributed by atoms with Gasteiger partial charge in [-0.15, -0.1) is 0 Å². The highest BCUT2D eigenvalue weighted by molar-refractivity contribution is 14.1. The van der Waals surface area contributed by atoms with Crippen molar-refractivity contribution in [3.8, 4) is 0 Å². The van der Waals surface area contributed by atoms with Gasteiger partial charge >= 0.3 is 0 Å². The normalized spacial score (nSPS) is 11.3. The molecular formula is C16H16ClIN2O3S. The van der Waals surface area contributed by atoms with E-state index in [1.165, 1.54) is 7.05 Å². The van der Waals surface area contributed by atoms with Crippen molar-refractivity contribution in [1.82, 2.24) is 10.0 Å². The van der Waals surface area contributed by atoms with Crippen LogP contribution in [0.1, 0.15) is 21.5 Å². The van der Waals surface area contributed by atoms with Gasteiger partial charge in [-0.25, -0.2) is 13.1 Å². The van der Waals surface area contributed by atoms with E-state index in [2.05, 4.69) is 32.6 Å². The molecule has 8 heteroatoms. The molecule has 1 amide bonds. The first-order chi connectivity index (χ1) is 11.3. The quantitative estimate of drug-likeness (QED) is 0.627. The number of hydrogen-bond donors (Lipinski definition) is 2. The maximum absolute atomic E-state index is 12.1. The first-order valence-electron chi connectivity index (χ1n) is 7.03. The number of nitrogens with one attached hydrogen (secondary N) is 2. The zero-order chi connectivity index (χ0) is 17.7. The molecule has 5 nitrogen and oxygen atoms in total. The predicted octanol–water partition coefficient (Wildman–Crippen LogP) is 2.92. The molecule has 0 fully saturated rings. The molecule has 0 saturated carbocycles. The van der Waals surface area contributed by atoms with Crippen LogP contribution in [0.25, 0.3) is 0 Å². The molecule has 2 aromatic rings. The number of benzene rings is 2. The molecule has 2 aromatic carbocycles. The van der Waals surface area contributed by atoms with Crippen molar-refractivity contribution >= 4 is 50.1 Å². The van der Waals surface area contributed by atoms with Gasteiger partial charge in [0.05, 0.1) is 10.8 Å². The average molecular weight is 479 g/mol. The Bertz CT molecular complexity index is 839. The molecule has 0 bridgehead atoms. The van der Waals surface area contributed by atoms with E-state index in [-0.39, 0.29) is 11.7 Å². The molecule has 128 valence electrons. The van der Waals surface area contributed by atoms with Crippen LogP contribution in [0.4, 0.5) is 0 Å². The third-order valence-electron chi connectivity index (χ3n) is 3.33. The second-order valence-electron chi connectivity index (χ2n) is 5.09. The third-order valence-corrected chi connectivity index (χ3v) is 6.20. The number of hydrogen-bond acceptors (Lipinski definition) is 3. The SMILES string of the molecule is CNS(=O)(=O)Cc1ccc(CNC(=O)c2ccc(Cl)c(I)c2)cc1. The number of halogens is 2. The molecule has 0 aliphatic carbocycles. The Morgan fingerprint density at radius 3 is 2.33 bits per heavy atom. The van der Waals surface area contributed by atoms with Gasteiger partial charge in [-0.05, 0) is 59.0 Å². The molecule has 0 atom stereocenters. The molecule has 0 radical (unpaired) electrons. The van der Waals surface area contributed by atoms with E-state index in [0.717, 1.165) is 9.13 Å². The van der Waals surface area contributed by atoms with Gasteiger partial charge < -0.3 is 5.32 Å². The van der Waals surface area contributed by atoms with Crippen molar-refractivity contribution in [3.63, 3.8) is 0 Å². The van der Waals surface area contributed by atoms with E-state index < -0.39 is 10.0 Å². The van der Waals surface area contributed by atoms with E-state index in [1.54, 1.807) is 42.5 Å². The largest absolute Gasteiger partial charge is 0.348 e.